The molecule has 0 saturated carbocycles. The van der Waals surface area contributed by atoms with Crippen molar-refractivity contribution in [3.63, 3.8) is 0 Å². The number of pyridine rings is 1. The third-order valence-corrected chi connectivity index (χ3v) is 11.8. The first kappa shape index (κ1) is 44.0. The first-order valence-corrected chi connectivity index (χ1v) is 21.2. The van der Waals surface area contributed by atoms with Crippen molar-refractivity contribution < 1.29 is 25.8 Å². The first-order chi connectivity index (χ1) is 28.1. The zero-order valence-corrected chi connectivity index (χ0v) is 40.3. The topological polar surface area (TPSA) is 33.5 Å². The van der Waals surface area contributed by atoms with E-state index in [0.29, 0.717) is 11.5 Å². The second-order valence-electron chi connectivity index (χ2n) is 20.5. The van der Waals surface area contributed by atoms with Crippen LogP contribution in [-0.2, 0) is 42.7 Å². The van der Waals surface area contributed by atoms with Crippen LogP contribution in [0.1, 0.15) is 111 Å². The number of benzene rings is 5. The molecule has 1 aliphatic rings. The summed E-state index contributed by atoms with van der Waals surface area (Å²) < 4.78 is 9.04. The van der Waals surface area contributed by atoms with E-state index in [-0.39, 0.29) is 42.7 Å². The van der Waals surface area contributed by atoms with E-state index in [2.05, 4.69) is 221 Å². The zero-order valence-electron chi connectivity index (χ0n) is 38.1. The largest absolute Gasteiger partial charge is 0.509 e. The minimum absolute atomic E-state index is 0. The molecule has 0 saturated heterocycles. The summed E-state index contributed by atoms with van der Waals surface area (Å²) in [5.41, 5.74) is 12.6. The van der Waals surface area contributed by atoms with Gasteiger partial charge in [-0.1, -0.05) is 137 Å². The molecule has 0 radical (unpaired) electrons. The summed E-state index contributed by atoms with van der Waals surface area (Å²) in [6, 6.07) is 42.1. The van der Waals surface area contributed by atoms with E-state index in [4.69, 9.17) is 9.72 Å². The molecule has 2 aromatic heterocycles. The monoisotopic (exact) mass is 986 g/mol. The zero-order chi connectivity index (χ0) is 42.9. The smallest absolute Gasteiger partial charge is 0.135 e. The Balaban J connectivity index is 0.00000561. The van der Waals surface area contributed by atoms with Gasteiger partial charge in [0.15, 0.2) is 0 Å². The van der Waals surface area contributed by atoms with Gasteiger partial charge in [-0.2, -0.15) is 6.07 Å². The van der Waals surface area contributed by atoms with Crippen molar-refractivity contribution in [2.75, 3.05) is 9.80 Å². The number of ether oxygens (including phenoxy) is 1. The van der Waals surface area contributed by atoms with Gasteiger partial charge in [-0.3, -0.25) is 0 Å². The maximum absolute atomic E-state index is 6.81. The summed E-state index contributed by atoms with van der Waals surface area (Å²) in [6.07, 6.45) is 6.16. The molecule has 0 aliphatic carbocycles. The van der Waals surface area contributed by atoms with Crippen LogP contribution < -0.4 is 14.5 Å². The Hall–Kier alpha value is -5.12. The number of nitrogens with zero attached hydrogens (tertiary/aromatic N) is 4. The van der Waals surface area contributed by atoms with Crippen molar-refractivity contribution in [2.24, 2.45) is 0 Å². The maximum atomic E-state index is 6.81. The number of aromatic nitrogens is 2. The molecule has 0 unspecified atom stereocenters. The molecule has 5 nitrogen and oxygen atoms in total. The van der Waals surface area contributed by atoms with Crippen LogP contribution in [0.15, 0.2) is 116 Å². The van der Waals surface area contributed by atoms with E-state index in [1.165, 1.54) is 38.9 Å². The summed E-state index contributed by atoms with van der Waals surface area (Å²) in [5.74, 6) is 2.07. The van der Waals surface area contributed by atoms with Crippen LogP contribution >= 0.6 is 0 Å². The molecular formula is C55H59N4OPt-3. The third kappa shape index (κ3) is 8.82. The van der Waals surface area contributed by atoms with Crippen molar-refractivity contribution in [1.29, 1.82) is 0 Å². The van der Waals surface area contributed by atoms with E-state index >= 15 is 0 Å². The molecule has 5 aromatic carbocycles. The van der Waals surface area contributed by atoms with Crippen molar-refractivity contribution in [1.82, 2.24) is 9.55 Å². The molecule has 0 N–H and O–H groups in total. The fourth-order valence-corrected chi connectivity index (χ4v) is 8.15. The maximum Gasteiger partial charge on any atom is 0.135 e. The molecule has 3 heterocycles. The van der Waals surface area contributed by atoms with Crippen LogP contribution in [0.3, 0.4) is 0 Å². The molecule has 0 amide bonds. The Kier molecular flexibility index (Phi) is 11.5. The molecule has 1 aliphatic heterocycles. The van der Waals surface area contributed by atoms with Gasteiger partial charge in [0.2, 0.25) is 0 Å². The number of hydrogen-bond acceptors (Lipinski definition) is 4. The minimum Gasteiger partial charge on any atom is -0.509 e. The fraction of sp³-hybridized carbons (Fsp3) is 0.309. The number of rotatable bonds is 6. The van der Waals surface area contributed by atoms with Gasteiger partial charge >= 0.3 is 0 Å². The van der Waals surface area contributed by atoms with Gasteiger partial charge < -0.3 is 19.1 Å². The van der Waals surface area contributed by atoms with Gasteiger partial charge in [-0.15, -0.1) is 53.6 Å². The molecular weight excluding hydrogens is 928 g/mol. The second kappa shape index (κ2) is 16.0. The average Bonchev–Trinajstić information content (AvgIpc) is 3.80. The van der Waals surface area contributed by atoms with E-state index in [1.807, 2.05) is 18.3 Å². The van der Waals surface area contributed by atoms with Gasteiger partial charge in [-0.05, 0) is 104 Å². The Morgan fingerprint density at radius 2 is 1.25 bits per heavy atom. The third-order valence-electron chi connectivity index (χ3n) is 11.8. The molecule has 8 rings (SSSR count). The molecule has 6 heteroatoms. The Bertz CT molecular complexity index is 2770. The van der Waals surface area contributed by atoms with E-state index in [0.717, 1.165) is 39.1 Å². The quantitative estimate of drug-likeness (QED) is 0.156. The molecule has 0 spiro atoms. The summed E-state index contributed by atoms with van der Waals surface area (Å²) in [6.45, 7) is 31.6. The fourth-order valence-electron chi connectivity index (χ4n) is 8.15. The Labute approximate surface area is 378 Å². The summed E-state index contributed by atoms with van der Waals surface area (Å²) in [5, 5.41) is 2.27. The molecule has 61 heavy (non-hydrogen) atoms. The van der Waals surface area contributed by atoms with E-state index in [9.17, 15) is 0 Å². The Morgan fingerprint density at radius 3 is 1.92 bits per heavy atom. The predicted octanol–water partition coefficient (Wildman–Crippen LogP) is 14.7. The molecule has 0 atom stereocenters. The summed E-state index contributed by atoms with van der Waals surface area (Å²) in [4.78, 5) is 9.29. The van der Waals surface area contributed by atoms with Crippen LogP contribution in [0.25, 0.3) is 38.8 Å². The normalized spacial score (nSPS) is 13.7. The summed E-state index contributed by atoms with van der Waals surface area (Å²) in [7, 11) is 0. The van der Waals surface area contributed by atoms with Crippen molar-refractivity contribution in [2.45, 2.75) is 112 Å². The standard InChI is InChI=1S/C55H59N4O.Pt/c1-36-47(55(11,12)13)30-41(54(8,9)10)31-49(36)58-26-25-57(35-58)42-27-38(37-17-15-14-16-18-37)28-44(33-42)60-43-20-21-45-46-29-39(52(2,3)4)19-22-48(46)59(50(45)34-43)51-32-40(23-24-56-51)53(5,6)7;/h14-32,35H,1-13H3;/q-3;. The first-order valence-electron chi connectivity index (χ1n) is 21.2. The Morgan fingerprint density at radius 1 is 0.574 bits per heavy atom. The number of anilines is 2. The average molecular weight is 987 g/mol. The van der Waals surface area contributed by atoms with E-state index < -0.39 is 0 Å². The minimum atomic E-state index is -0.0329. The predicted molar refractivity (Wildman–Crippen MR) is 253 cm³/mol. The van der Waals surface area contributed by atoms with Crippen LogP contribution in [0.4, 0.5) is 11.4 Å². The number of fused-ring (bicyclic) bond motifs is 3. The van der Waals surface area contributed by atoms with Crippen LogP contribution in [-0.4, -0.2) is 9.55 Å². The molecule has 7 aromatic rings. The molecule has 318 valence electrons. The van der Waals surface area contributed by atoms with Gasteiger partial charge in [0.25, 0.3) is 0 Å². The van der Waals surface area contributed by atoms with Gasteiger partial charge in [0.1, 0.15) is 5.82 Å². The molecule has 0 fully saturated rings. The van der Waals surface area contributed by atoms with Crippen LogP contribution in [0.5, 0.6) is 11.5 Å². The van der Waals surface area contributed by atoms with Gasteiger partial charge in [0.05, 0.1) is 0 Å². The summed E-state index contributed by atoms with van der Waals surface area (Å²) >= 11 is 0. The van der Waals surface area contributed by atoms with Gasteiger partial charge in [0, 0.05) is 50.0 Å². The second-order valence-corrected chi connectivity index (χ2v) is 20.5. The number of hydrogen-bond donors (Lipinski definition) is 0. The molecule has 0 bridgehead atoms. The van der Waals surface area contributed by atoms with Crippen molar-refractivity contribution in [3.8, 4) is 28.4 Å². The SMILES string of the molecule is Cc1c(N2C=CN(c3[c-]c(Oc4[c-]c5c(cc4)c4cc(C(C)(C)C)ccc4n5-c4cc(C(C)(C)C)ccn4)cc(-c4ccccc4)c3)[CH-]2)cc(C(C)(C)C)cc1C(C)(C)C.[Pt]. The van der Waals surface area contributed by atoms with E-state index in [1.54, 1.807) is 0 Å². The van der Waals surface area contributed by atoms with Crippen LogP contribution in [0, 0.1) is 25.7 Å². The van der Waals surface area contributed by atoms with Crippen molar-refractivity contribution in [3.05, 3.63) is 162 Å². The van der Waals surface area contributed by atoms with Crippen LogP contribution in [0.2, 0.25) is 0 Å². The van der Waals surface area contributed by atoms with Crippen molar-refractivity contribution >= 4 is 33.2 Å². The van der Waals surface area contributed by atoms with Gasteiger partial charge in [-0.25, -0.2) is 4.98 Å².